The molecule has 0 unspecified atom stereocenters. The molecular formula is C31H31N3O10. The van der Waals surface area contributed by atoms with Crippen LogP contribution in [0.25, 0.3) is 11.1 Å². The van der Waals surface area contributed by atoms with Crippen molar-refractivity contribution in [3.8, 4) is 11.1 Å². The molecule has 1 aliphatic carbocycles. The van der Waals surface area contributed by atoms with Gasteiger partial charge < -0.3 is 29.0 Å². The van der Waals surface area contributed by atoms with E-state index in [4.69, 9.17) is 23.7 Å². The molecule has 1 fully saturated rings. The Morgan fingerprint density at radius 1 is 0.841 bits per heavy atom. The predicted molar refractivity (Wildman–Crippen MR) is 154 cm³/mol. The monoisotopic (exact) mass is 605 g/mol. The van der Waals surface area contributed by atoms with Crippen LogP contribution in [-0.4, -0.2) is 64.5 Å². The summed E-state index contributed by atoms with van der Waals surface area (Å²) < 4.78 is 28.5. The van der Waals surface area contributed by atoms with E-state index in [1.807, 2.05) is 30.3 Å². The van der Waals surface area contributed by atoms with Crippen LogP contribution >= 0.6 is 0 Å². The number of hydrogen-bond donors (Lipinski definition) is 1. The molecule has 1 aromatic heterocycles. The second-order valence-electron chi connectivity index (χ2n) is 10.4. The number of carbonyl (C=O) groups excluding carboxylic acids is 4. The van der Waals surface area contributed by atoms with Gasteiger partial charge in [0.05, 0.1) is 0 Å². The number of aromatic nitrogens is 2. The van der Waals surface area contributed by atoms with Crippen molar-refractivity contribution in [2.24, 2.45) is 0 Å². The molecular weight excluding hydrogens is 574 g/mol. The summed E-state index contributed by atoms with van der Waals surface area (Å²) in [4.78, 5) is 65.3. The number of anilines is 2. The molecule has 0 saturated carbocycles. The van der Waals surface area contributed by atoms with E-state index in [2.05, 4.69) is 22.4 Å². The highest BCUT2D eigenvalue weighted by Crippen LogP contribution is 2.38. The van der Waals surface area contributed by atoms with Crippen molar-refractivity contribution >= 4 is 35.4 Å². The molecule has 44 heavy (non-hydrogen) atoms. The van der Waals surface area contributed by atoms with E-state index in [0.29, 0.717) is 0 Å². The Morgan fingerprint density at radius 3 is 2.18 bits per heavy atom. The van der Waals surface area contributed by atoms with Crippen LogP contribution in [-0.2, 0) is 49.3 Å². The average molecular weight is 606 g/mol. The van der Waals surface area contributed by atoms with Crippen LogP contribution in [0, 0.1) is 0 Å². The summed E-state index contributed by atoms with van der Waals surface area (Å²) in [6.45, 7) is 4.12. The van der Waals surface area contributed by atoms with Gasteiger partial charge in [0.1, 0.15) is 18.5 Å². The summed E-state index contributed by atoms with van der Waals surface area (Å²) in [5.74, 6) is -2.72. The van der Waals surface area contributed by atoms with E-state index >= 15 is 0 Å². The molecule has 2 heterocycles. The summed E-state index contributed by atoms with van der Waals surface area (Å²) in [6.07, 6.45) is -4.63. The SMILES string of the molecule is CC(=O)OC[C@H]1O[C@@H](n2ccc(Nc3ccc4c(c3)Cc3ccccc3-4)nc2=O)[C@H](OC(C)=O)[C@@H](OC(C)=O)[C@@H]1OC(C)=O. The van der Waals surface area contributed by atoms with E-state index in [0.717, 1.165) is 48.6 Å². The van der Waals surface area contributed by atoms with Crippen LogP contribution in [0.4, 0.5) is 11.5 Å². The Labute approximate surface area is 252 Å². The van der Waals surface area contributed by atoms with Gasteiger partial charge in [-0.05, 0) is 46.9 Å². The molecule has 0 radical (unpaired) electrons. The highest BCUT2D eigenvalue weighted by Gasteiger charge is 2.53. The largest absolute Gasteiger partial charge is 0.463 e. The van der Waals surface area contributed by atoms with Crippen LogP contribution in [0.5, 0.6) is 0 Å². The number of fused-ring (bicyclic) bond motifs is 3. The van der Waals surface area contributed by atoms with Crippen molar-refractivity contribution < 1.29 is 42.9 Å². The molecule has 1 saturated heterocycles. The summed E-state index contributed by atoms with van der Waals surface area (Å²) in [5, 5.41) is 3.14. The lowest BCUT2D eigenvalue weighted by atomic mass is 9.97. The third-order valence-corrected chi connectivity index (χ3v) is 7.14. The van der Waals surface area contributed by atoms with Gasteiger partial charge in [0.15, 0.2) is 24.5 Å². The van der Waals surface area contributed by atoms with Crippen LogP contribution < -0.4 is 11.0 Å². The second-order valence-corrected chi connectivity index (χ2v) is 10.4. The number of carbonyl (C=O) groups is 4. The van der Waals surface area contributed by atoms with Gasteiger partial charge in [-0.15, -0.1) is 0 Å². The van der Waals surface area contributed by atoms with Crippen molar-refractivity contribution in [3.63, 3.8) is 0 Å². The minimum absolute atomic E-state index is 0.243. The first-order chi connectivity index (χ1) is 21.0. The van der Waals surface area contributed by atoms with Gasteiger partial charge in [0.2, 0.25) is 0 Å². The number of nitrogens with zero attached hydrogens (tertiary/aromatic N) is 2. The third kappa shape index (κ3) is 6.62. The predicted octanol–water partition coefficient (Wildman–Crippen LogP) is 2.81. The molecule has 230 valence electrons. The van der Waals surface area contributed by atoms with E-state index < -0.39 is 66.8 Å². The lowest BCUT2D eigenvalue weighted by Crippen LogP contribution is -2.61. The van der Waals surface area contributed by atoms with Crippen molar-refractivity contribution in [1.29, 1.82) is 0 Å². The van der Waals surface area contributed by atoms with E-state index in [-0.39, 0.29) is 5.82 Å². The molecule has 0 bridgehead atoms. The number of nitrogens with one attached hydrogen (secondary N) is 1. The van der Waals surface area contributed by atoms with Gasteiger partial charge in [-0.2, -0.15) is 4.98 Å². The van der Waals surface area contributed by atoms with Crippen LogP contribution in [0.3, 0.4) is 0 Å². The molecule has 1 N–H and O–H groups in total. The Kier molecular flexibility index (Phi) is 8.76. The molecule has 13 nitrogen and oxygen atoms in total. The Bertz CT molecular complexity index is 1670. The second kappa shape index (κ2) is 12.7. The zero-order valence-electron chi connectivity index (χ0n) is 24.5. The van der Waals surface area contributed by atoms with Crippen molar-refractivity contribution in [1.82, 2.24) is 9.55 Å². The molecule has 5 atom stereocenters. The quantitative estimate of drug-likeness (QED) is 0.231. The third-order valence-electron chi connectivity index (χ3n) is 7.14. The summed E-state index contributed by atoms with van der Waals surface area (Å²) in [7, 11) is 0. The van der Waals surface area contributed by atoms with Crippen molar-refractivity contribution in [2.75, 3.05) is 11.9 Å². The normalized spacial score (nSPS) is 21.8. The summed E-state index contributed by atoms with van der Waals surface area (Å²) >= 11 is 0. The van der Waals surface area contributed by atoms with E-state index in [9.17, 15) is 24.0 Å². The van der Waals surface area contributed by atoms with Crippen molar-refractivity contribution in [2.45, 2.75) is 64.8 Å². The minimum Gasteiger partial charge on any atom is -0.463 e. The van der Waals surface area contributed by atoms with E-state index in [1.54, 1.807) is 0 Å². The first kappa shape index (κ1) is 30.4. The number of hydrogen-bond acceptors (Lipinski definition) is 12. The standard InChI is InChI=1S/C31H31N3O10/c1-16(35)40-15-25-27(41-17(2)36)28(42-18(3)37)29(43-19(4)38)30(44-25)34-12-11-26(33-31(34)39)32-22-9-10-24-21(14-22)13-20-7-5-6-8-23(20)24/h5-12,14,25,27-30H,13,15H2,1-4H3,(H,32,33,39)/t25-,27-,28+,29-,30-/m1/s1. The Balaban J connectivity index is 1.45. The lowest BCUT2D eigenvalue weighted by molar-refractivity contribution is -0.269. The van der Waals surface area contributed by atoms with Gasteiger partial charge in [0.25, 0.3) is 0 Å². The molecule has 3 aromatic rings. The zero-order chi connectivity index (χ0) is 31.5. The van der Waals surface area contributed by atoms with Crippen LogP contribution in [0.2, 0.25) is 0 Å². The van der Waals surface area contributed by atoms with Gasteiger partial charge in [-0.1, -0.05) is 30.3 Å². The summed E-state index contributed by atoms with van der Waals surface area (Å²) in [6, 6.07) is 15.6. The molecule has 13 heteroatoms. The average Bonchev–Trinajstić information content (AvgIpc) is 3.31. The highest BCUT2D eigenvalue weighted by atomic mass is 16.7. The van der Waals surface area contributed by atoms with Crippen LogP contribution in [0.15, 0.2) is 59.5 Å². The first-order valence-electron chi connectivity index (χ1n) is 13.9. The summed E-state index contributed by atoms with van der Waals surface area (Å²) in [5.41, 5.74) is 4.67. The zero-order valence-corrected chi connectivity index (χ0v) is 24.5. The number of esters is 4. The maximum absolute atomic E-state index is 13.4. The van der Waals surface area contributed by atoms with Crippen LogP contribution in [0.1, 0.15) is 45.0 Å². The van der Waals surface area contributed by atoms with Gasteiger partial charge in [-0.3, -0.25) is 23.7 Å². The number of ether oxygens (including phenoxy) is 5. The van der Waals surface area contributed by atoms with Gasteiger partial charge >= 0.3 is 29.6 Å². The molecule has 5 rings (SSSR count). The van der Waals surface area contributed by atoms with Gasteiger partial charge in [0, 0.05) is 39.6 Å². The first-order valence-corrected chi connectivity index (χ1v) is 13.9. The van der Waals surface area contributed by atoms with Gasteiger partial charge in [-0.25, -0.2) is 4.79 Å². The molecule has 2 aromatic carbocycles. The molecule has 1 aliphatic heterocycles. The maximum atomic E-state index is 13.4. The number of rotatable bonds is 8. The fourth-order valence-corrected chi connectivity index (χ4v) is 5.48. The Morgan fingerprint density at radius 2 is 1.50 bits per heavy atom. The molecule has 2 aliphatic rings. The Hall–Kier alpha value is -5.04. The maximum Gasteiger partial charge on any atom is 0.351 e. The fourth-order valence-electron chi connectivity index (χ4n) is 5.48. The number of benzene rings is 2. The van der Waals surface area contributed by atoms with Crippen molar-refractivity contribution in [3.05, 3.63) is 76.3 Å². The topological polar surface area (TPSA) is 161 Å². The minimum atomic E-state index is -1.44. The lowest BCUT2D eigenvalue weighted by Gasteiger charge is -2.44. The van der Waals surface area contributed by atoms with E-state index in [1.165, 1.54) is 30.3 Å². The fraction of sp³-hybridized carbons (Fsp3) is 0.355. The smallest absolute Gasteiger partial charge is 0.351 e. The highest BCUT2D eigenvalue weighted by molar-refractivity contribution is 5.79. The molecule has 0 amide bonds. The molecule has 0 spiro atoms.